The molecule has 25 heavy (non-hydrogen) atoms. The van der Waals surface area contributed by atoms with Crippen molar-refractivity contribution in [3.63, 3.8) is 0 Å². The zero-order chi connectivity index (χ0) is 17.6. The molecule has 130 valence electrons. The highest BCUT2D eigenvalue weighted by atomic mass is 19.1. The summed E-state index contributed by atoms with van der Waals surface area (Å²) in [6, 6.07) is 15.9. The van der Waals surface area contributed by atoms with E-state index in [9.17, 15) is 9.50 Å². The summed E-state index contributed by atoms with van der Waals surface area (Å²) in [5, 5.41) is 17.1. The van der Waals surface area contributed by atoms with Gasteiger partial charge >= 0.3 is 0 Å². The first-order valence-electron chi connectivity index (χ1n) is 8.01. The van der Waals surface area contributed by atoms with E-state index in [-0.39, 0.29) is 12.4 Å². The number of aliphatic hydroxyl groups is 1. The number of hydrogen-bond donors (Lipinski definition) is 2. The van der Waals surface area contributed by atoms with Crippen LogP contribution in [0.3, 0.4) is 0 Å². The van der Waals surface area contributed by atoms with Gasteiger partial charge in [-0.3, -0.25) is 0 Å². The van der Waals surface area contributed by atoms with Crippen molar-refractivity contribution in [3.05, 3.63) is 66.0 Å². The van der Waals surface area contributed by atoms with Crippen LogP contribution in [-0.2, 0) is 13.1 Å². The molecule has 6 heteroatoms. The highest BCUT2D eigenvalue weighted by Crippen LogP contribution is 2.25. The Labute approximate surface area is 145 Å². The molecule has 0 saturated carbocycles. The van der Waals surface area contributed by atoms with Crippen LogP contribution in [0.5, 0.6) is 5.75 Å². The fourth-order valence-corrected chi connectivity index (χ4v) is 2.54. The second kappa shape index (κ2) is 7.81. The fourth-order valence-electron chi connectivity index (χ4n) is 2.54. The minimum Gasteiger partial charge on any atom is -0.497 e. The van der Waals surface area contributed by atoms with Crippen molar-refractivity contribution >= 4 is 5.82 Å². The molecule has 1 heterocycles. The third-order valence-electron chi connectivity index (χ3n) is 3.84. The van der Waals surface area contributed by atoms with Crippen LogP contribution >= 0.6 is 0 Å². The van der Waals surface area contributed by atoms with Gasteiger partial charge in [-0.25, -0.2) is 9.07 Å². The van der Waals surface area contributed by atoms with Gasteiger partial charge in [-0.1, -0.05) is 24.3 Å². The summed E-state index contributed by atoms with van der Waals surface area (Å²) in [4.78, 5) is 0. The molecule has 0 aliphatic rings. The maximum absolute atomic E-state index is 13.0. The Morgan fingerprint density at radius 3 is 2.68 bits per heavy atom. The van der Waals surface area contributed by atoms with Crippen LogP contribution in [-0.4, -0.2) is 28.6 Å². The van der Waals surface area contributed by atoms with Crippen molar-refractivity contribution in [2.75, 3.05) is 19.0 Å². The van der Waals surface area contributed by atoms with Gasteiger partial charge in [0.1, 0.15) is 17.4 Å². The normalized spacial score (nSPS) is 10.7. The van der Waals surface area contributed by atoms with Crippen molar-refractivity contribution < 1.29 is 14.2 Å². The smallest absolute Gasteiger partial charge is 0.125 e. The Balaban J connectivity index is 1.82. The Bertz CT molecular complexity index is 831. The molecule has 0 atom stereocenters. The average Bonchev–Trinajstić information content (AvgIpc) is 3.05. The quantitative estimate of drug-likeness (QED) is 0.692. The number of halogens is 1. The monoisotopic (exact) mass is 341 g/mol. The lowest BCUT2D eigenvalue weighted by Gasteiger charge is -2.08. The third-order valence-corrected chi connectivity index (χ3v) is 3.84. The van der Waals surface area contributed by atoms with Crippen molar-refractivity contribution in [2.45, 2.75) is 13.1 Å². The lowest BCUT2D eigenvalue weighted by Crippen LogP contribution is -2.10. The van der Waals surface area contributed by atoms with Gasteiger partial charge in [0.2, 0.25) is 0 Å². The van der Waals surface area contributed by atoms with E-state index in [0.717, 1.165) is 28.4 Å². The first kappa shape index (κ1) is 17.0. The number of hydrogen-bond acceptors (Lipinski definition) is 4. The Morgan fingerprint density at radius 1 is 1.16 bits per heavy atom. The molecule has 0 radical (unpaired) electrons. The number of anilines is 1. The zero-order valence-corrected chi connectivity index (χ0v) is 13.9. The lowest BCUT2D eigenvalue weighted by atomic mass is 10.1. The van der Waals surface area contributed by atoms with Gasteiger partial charge in [-0.05, 0) is 29.8 Å². The minimum absolute atomic E-state index is 0.00947. The number of aromatic nitrogens is 2. The van der Waals surface area contributed by atoms with Crippen LogP contribution in [0.15, 0.2) is 54.6 Å². The third kappa shape index (κ3) is 4.16. The second-order valence-electron chi connectivity index (χ2n) is 5.57. The van der Waals surface area contributed by atoms with Gasteiger partial charge < -0.3 is 15.2 Å². The lowest BCUT2D eigenvalue weighted by molar-refractivity contribution is 0.270. The van der Waals surface area contributed by atoms with Crippen molar-refractivity contribution in [1.29, 1.82) is 0 Å². The maximum atomic E-state index is 13.0. The zero-order valence-electron chi connectivity index (χ0n) is 13.9. The van der Waals surface area contributed by atoms with Crippen LogP contribution in [0.1, 0.15) is 5.56 Å². The average molecular weight is 341 g/mol. The summed E-state index contributed by atoms with van der Waals surface area (Å²) < 4.78 is 20.0. The van der Waals surface area contributed by atoms with Crippen molar-refractivity contribution in [1.82, 2.24) is 9.78 Å². The molecular weight excluding hydrogens is 321 g/mol. The summed E-state index contributed by atoms with van der Waals surface area (Å²) >= 11 is 0. The summed E-state index contributed by atoms with van der Waals surface area (Å²) in [6.45, 7) is 0.912. The molecule has 3 aromatic rings. The molecule has 5 nitrogen and oxygen atoms in total. The predicted octanol–water partition coefficient (Wildman–Crippen LogP) is 3.30. The molecule has 2 aromatic carbocycles. The number of methoxy groups -OCH3 is 1. The molecule has 0 bridgehead atoms. The van der Waals surface area contributed by atoms with E-state index in [4.69, 9.17) is 4.74 Å². The summed E-state index contributed by atoms with van der Waals surface area (Å²) in [7, 11) is 1.62. The number of aliphatic hydroxyl groups excluding tert-OH is 1. The molecule has 0 spiro atoms. The number of rotatable bonds is 7. The first-order chi connectivity index (χ1) is 12.2. The molecule has 0 aliphatic carbocycles. The largest absolute Gasteiger partial charge is 0.497 e. The van der Waals surface area contributed by atoms with Crippen LogP contribution in [0, 0.1) is 5.82 Å². The molecule has 0 fully saturated rings. The molecule has 3 rings (SSSR count). The highest BCUT2D eigenvalue weighted by Gasteiger charge is 2.10. The number of nitrogens with one attached hydrogen (secondary N) is 1. The molecular formula is C19H20FN3O2. The maximum Gasteiger partial charge on any atom is 0.125 e. The van der Waals surface area contributed by atoms with E-state index in [1.165, 1.54) is 12.1 Å². The summed E-state index contributed by atoms with van der Waals surface area (Å²) in [5.41, 5.74) is 2.68. The van der Waals surface area contributed by atoms with Gasteiger partial charge in [-0.15, -0.1) is 0 Å². The van der Waals surface area contributed by atoms with Crippen LogP contribution in [0.2, 0.25) is 0 Å². The van der Waals surface area contributed by atoms with Crippen molar-refractivity contribution in [2.24, 2.45) is 0 Å². The van der Waals surface area contributed by atoms with E-state index in [1.54, 1.807) is 23.9 Å². The SMILES string of the molecule is COc1cccc(-c2cc(NCc3ccc(F)cc3)n(CCO)n2)c1. The number of benzene rings is 2. The molecule has 0 amide bonds. The van der Waals surface area contributed by atoms with Gasteiger partial charge in [0.05, 0.1) is 26.0 Å². The Kier molecular flexibility index (Phi) is 5.30. The van der Waals surface area contributed by atoms with Gasteiger partial charge in [0.15, 0.2) is 0 Å². The van der Waals surface area contributed by atoms with E-state index in [0.29, 0.717) is 13.1 Å². The van der Waals surface area contributed by atoms with E-state index in [2.05, 4.69) is 10.4 Å². The first-order valence-corrected chi connectivity index (χ1v) is 8.01. The topological polar surface area (TPSA) is 59.3 Å². The Morgan fingerprint density at radius 2 is 1.96 bits per heavy atom. The van der Waals surface area contributed by atoms with Crippen LogP contribution in [0.25, 0.3) is 11.3 Å². The standard InChI is InChI=1S/C19H20FN3O2/c1-25-17-4-2-3-15(11-17)18-12-19(23(22-18)9-10-24)21-13-14-5-7-16(20)8-6-14/h2-8,11-12,21,24H,9-10,13H2,1H3. The number of ether oxygens (including phenoxy) is 1. The van der Waals surface area contributed by atoms with E-state index < -0.39 is 0 Å². The Hall–Kier alpha value is -2.86. The molecule has 0 unspecified atom stereocenters. The molecule has 2 N–H and O–H groups in total. The molecule has 0 aliphatic heterocycles. The van der Waals surface area contributed by atoms with Crippen molar-refractivity contribution in [3.8, 4) is 17.0 Å². The highest BCUT2D eigenvalue weighted by molar-refractivity contribution is 5.64. The van der Waals surface area contributed by atoms with Crippen LogP contribution in [0.4, 0.5) is 10.2 Å². The van der Waals surface area contributed by atoms with Gasteiger partial charge in [-0.2, -0.15) is 5.10 Å². The second-order valence-corrected chi connectivity index (χ2v) is 5.57. The van der Waals surface area contributed by atoms with E-state index in [1.807, 2.05) is 30.3 Å². The fraction of sp³-hybridized carbons (Fsp3) is 0.211. The van der Waals surface area contributed by atoms with Gasteiger partial charge in [0.25, 0.3) is 0 Å². The minimum atomic E-state index is -0.255. The van der Waals surface area contributed by atoms with E-state index >= 15 is 0 Å². The predicted molar refractivity (Wildman–Crippen MR) is 95.0 cm³/mol. The summed E-state index contributed by atoms with van der Waals surface area (Å²) in [5.74, 6) is 1.29. The molecule has 1 aromatic heterocycles. The molecule has 0 saturated heterocycles. The van der Waals surface area contributed by atoms with Gasteiger partial charge in [0, 0.05) is 18.2 Å². The number of nitrogens with zero attached hydrogens (tertiary/aromatic N) is 2. The van der Waals surface area contributed by atoms with Crippen LogP contribution < -0.4 is 10.1 Å². The summed E-state index contributed by atoms with van der Waals surface area (Å²) in [6.07, 6.45) is 0.